The van der Waals surface area contributed by atoms with E-state index >= 15 is 0 Å². The number of benzene rings is 5. The van der Waals surface area contributed by atoms with Crippen molar-refractivity contribution >= 4 is 77.0 Å². The molecule has 1 N–H and O–H groups in total. The maximum Gasteiger partial charge on any atom is 0.309 e. The molecule has 0 radical (unpaired) electrons. The first-order valence-corrected chi connectivity index (χ1v) is 14.3. The summed E-state index contributed by atoms with van der Waals surface area (Å²) in [5, 5.41) is 18.3. The van der Waals surface area contributed by atoms with E-state index in [1.165, 1.54) is 52.8 Å². The summed E-state index contributed by atoms with van der Waals surface area (Å²) in [6, 6.07) is 35.0. The molecule has 0 atom stereocenters. The van der Waals surface area contributed by atoms with Crippen LogP contribution in [0, 0.1) is 0 Å². The highest BCUT2D eigenvalue weighted by atomic mass is 32.1. The van der Waals surface area contributed by atoms with Crippen LogP contribution in [0.25, 0.3) is 58.4 Å². The van der Waals surface area contributed by atoms with Crippen molar-refractivity contribution in [1.29, 1.82) is 0 Å². The summed E-state index contributed by atoms with van der Waals surface area (Å²) in [4.78, 5) is 0. The zero-order valence-corrected chi connectivity index (χ0v) is 23.5. The lowest BCUT2D eigenvalue weighted by atomic mass is 9.82. The van der Waals surface area contributed by atoms with Crippen molar-refractivity contribution in [1.82, 2.24) is 4.57 Å². The molecule has 0 aliphatic heterocycles. The van der Waals surface area contributed by atoms with Crippen LogP contribution < -0.4 is 5.46 Å². The van der Waals surface area contributed by atoms with E-state index in [2.05, 4.69) is 102 Å². The van der Waals surface area contributed by atoms with Gasteiger partial charge in [0.05, 0.1) is 22.2 Å². The lowest BCUT2D eigenvalue weighted by molar-refractivity contribution is -0.0893. The first-order valence-electron chi connectivity index (χ1n) is 13.5. The van der Waals surface area contributed by atoms with Crippen LogP contribution in [-0.2, 0) is 4.65 Å². The lowest BCUT2D eigenvalue weighted by Crippen LogP contribution is -2.49. The second-order valence-electron chi connectivity index (χ2n) is 11.5. The smallest absolute Gasteiger partial charge is 0.309 e. The first-order chi connectivity index (χ1) is 18.7. The average Bonchev–Trinajstić information content (AvgIpc) is 3.48. The molecule has 0 amide bonds. The van der Waals surface area contributed by atoms with E-state index in [1.807, 2.05) is 25.2 Å². The molecule has 0 bridgehead atoms. The van der Waals surface area contributed by atoms with Crippen molar-refractivity contribution in [2.45, 2.75) is 38.9 Å². The Bertz CT molecular complexity index is 2040. The van der Waals surface area contributed by atoms with Gasteiger partial charge in [-0.15, -0.1) is 11.3 Å². The lowest BCUT2D eigenvalue weighted by Gasteiger charge is -2.37. The zero-order valence-electron chi connectivity index (χ0n) is 22.7. The maximum atomic E-state index is 10.6. The molecule has 5 aromatic carbocycles. The Morgan fingerprint density at radius 1 is 0.718 bits per heavy atom. The molecule has 0 spiro atoms. The highest BCUT2D eigenvalue weighted by molar-refractivity contribution is 7.27. The molecule has 2 aromatic heterocycles. The molecular formula is C34H30BNO2S. The number of para-hydroxylation sites is 1. The van der Waals surface area contributed by atoms with Crippen LogP contribution in [0.3, 0.4) is 0 Å². The van der Waals surface area contributed by atoms with Crippen LogP contribution in [0.15, 0.2) is 97.1 Å². The van der Waals surface area contributed by atoms with Gasteiger partial charge in [0.25, 0.3) is 0 Å². The van der Waals surface area contributed by atoms with Gasteiger partial charge in [-0.25, -0.2) is 0 Å². The van der Waals surface area contributed by atoms with E-state index in [0.29, 0.717) is 7.48 Å². The molecule has 0 fully saturated rings. The Morgan fingerprint density at radius 2 is 1.38 bits per heavy atom. The summed E-state index contributed by atoms with van der Waals surface area (Å²) >= 11 is 1.88. The fourth-order valence-electron chi connectivity index (χ4n) is 5.61. The van der Waals surface area contributed by atoms with Gasteiger partial charge in [-0.3, -0.25) is 0 Å². The third-order valence-electron chi connectivity index (χ3n) is 8.39. The number of fused-ring (bicyclic) bond motifs is 10. The highest BCUT2D eigenvalue weighted by Gasteiger charge is 2.35. The van der Waals surface area contributed by atoms with Gasteiger partial charge >= 0.3 is 7.48 Å². The molecule has 0 saturated carbocycles. The van der Waals surface area contributed by atoms with Crippen LogP contribution in [0.2, 0.25) is 0 Å². The van der Waals surface area contributed by atoms with Crippen molar-refractivity contribution in [2.75, 3.05) is 0 Å². The number of hydrogen-bond acceptors (Lipinski definition) is 3. The van der Waals surface area contributed by atoms with Gasteiger partial charge < -0.3 is 14.3 Å². The minimum absolute atomic E-state index is 0.418. The van der Waals surface area contributed by atoms with Gasteiger partial charge in [-0.1, -0.05) is 78.3 Å². The van der Waals surface area contributed by atoms with E-state index in [1.54, 1.807) is 13.8 Å². The molecule has 7 aromatic rings. The van der Waals surface area contributed by atoms with Crippen LogP contribution in [-0.4, -0.2) is 28.4 Å². The summed E-state index contributed by atoms with van der Waals surface area (Å²) in [6.07, 6.45) is 0. The molecule has 39 heavy (non-hydrogen) atoms. The quantitative estimate of drug-likeness (QED) is 0.231. The molecule has 2 heterocycles. The first kappa shape index (κ1) is 24.4. The van der Waals surface area contributed by atoms with Crippen LogP contribution >= 0.6 is 11.3 Å². The van der Waals surface area contributed by atoms with Crippen molar-refractivity contribution in [2.24, 2.45) is 0 Å². The number of rotatable bonds is 5. The summed E-state index contributed by atoms with van der Waals surface area (Å²) in [5.74, 6) is 0. The van der Waals surface area contributed by atoms with Gasteiger partial charge in [0.1, 0.15) is 0 Å². The summed E-state index contributed by atoms with van der Waals surface area (Å²) in [6.45, 7) is 7.46. The fourth-order valence-corrected chi connectivity index (χ4v) is 6.86. The topological polar surface area (TPSA) is 34.4 Å². The van der Waals surface area contributed by atoms with E-state index in [0.717, 1.165) is 11.2 Å². The van der Waals surface area contributed by atoms with Gasteiger partial charge in [0, 0.05) is 42.0 Å². The number of thiophene rings is 1. The Labute approximate surface area is 232 Å². The number of aromatic nitrogens is 1. The second-order valence-corrected chi connectivity index (χ2v) is 12.5. The highest BCUT2D eigenvalue weighted by Crippen LogP contribution is 2.47. The van der Waals surface area contributed by atoms with Gasteiger partial charge in [0.2, 0.25) is 0 Å². The van der Waals surface area contributed by atoms with Crippen LogP contribution in [0.5, 0.6) is 0 Å². The van der Waals surface area contributed by atoms with E-state index in [4.69, 9.17) is 4.65 Å². The van der Waals surface area contributed by atoms with Gasteiger partial charge in [0.15, 0.2) is 0 Å². The molecule has 0 unspecified atom stereocenters. The van der Waals surface area contributed by atoms with Crippen molar-refractivity contribution in [3.05, 3.63) is 97.1 Å². The van der Waals surface area contributed by atoms with E-state index < -0.39 is 11.2 Å². The van der Waals surface area contributed by atoms with E-state index in [-0.39, 0.29) is 0 Å². The molecule has 5 heteroatoms. The molecule has 0 aliphatic rings. The Kier molecular flexibility index (Phi) is 5.44. The molecular weight excluding hydrogens is 497 g/mol. The van der Waals surface area contributed by atoms with Crippen molar-refractivity contribution in [3.63, 3.8) is 0 Å². The Hall–Kier alpha value is -3.64. The predicted molar refractivity (Wildman–Crippen MR) is 169 cm³/mol. The van der Waals surface area contributed by atoms with Crippen LogP contribution in [0.4, 0.5) is 0 Å². The molecule has 0 aliphatic carbocycles. The summed E-state index contributed by atoms with van der Waals surface area (Å²) in [5.41, 5.74) is 2.98. The van der Waals surface area contributed by atoms with Crippen molar-refractivity contribution < 1.29 is 9.76 Å². The van der Waals surface area contributed by atoms with Crippen molar-refractivity contribution in [3.8, 4) is 5.69 Å². The number of nitrogens with zero attached hydrogens (tertiary/aromatic N) is 1. The van der Waals surface area contributed by atoms with Crippen LogP contribution in [0.1, 0.15) is 27.7 Å². The predicted octanol–water partition coefficient (Wildman–Crippen LogP) is 7.85. The largest absolute Gasteiger partial charge is 0.427 e. The SMILES string of the molecule is CC(C)(O)C(C)(C)OBc1cccc(-n2c3ccccc3c3c4ccccc4c4sc5ccccc5c4c32)c1. The van der Waals surface area contributed by atoms with Gasteiger partial charge in [-0.2, -0.15) is 0 Å². The minimum Gasteiger partial charge on any atom is -0.427 e. The molecule has 192 valence electrons. The Balaban J connectivity index is 1.56. The third kappa shape index (κ3) is 3.72. The van der Waals surface area contributed by atoms with Gasteiger partial charge in [-0.05, 0) is 57.3 Å². The molecule has 7 rings (SSSR count). The zero-order chi connectivity index (χ0) is 26.9. The second kappa shape index (κ2) is 8.69. The molecule has 0 saturated heterocycles. The maximum absolute atomic E-state index is 10.6. The minimum atomic E-state index is -0.954. The third-order valence-corrected chi connectivity index (χ3v) is 9.59. The monoisotopic (exact) mass is 527 g/mol. The molecule has 3 nitrogen and oxygen atoms in total. The summed E-state index contributed by atoms with van der Waals surface area (Å²) in [7, 11) is 0.418. The normalized spacial score (nSPS) is 12.8. The van der Waals surface area contributed by atoms with E-state index in [9.17, 15) is 5.11 Å². The fraction of sp³-hybridized carbons (Fsp3) is 0.176. The number of hydrogen-bond donors (Lipinski definition) is 1. The average molecular weight is 527 g/mol. The standard InChI is InChI=1S/C34H30BNO2S/c1-33(2,37)34(3,4)38-35-21-12-11-13-22(20-21)36-27-18-9-7-16-25(27)29-23-14-5-6-15-24(23)32-30(31(29)36)26-17-8-10-19-28(26)39-32/h5-20,35,37H,1-4H3. The number of aliphatic hydroxyl groups is 1. The Morgan fingerprint density at radius 3 is 2.15 bits per heavy atom. The summed E-state index contributed by atoms with van der Waals surface area (Å²) < 4.78 is 11.3.